The van der Waals surface area contributed by atoms with Crippen molar-refractivity contribution in [1.82, 2.24) is 4.98 Å². The molecular formula is C14H17NO2S. The molecule has 0 saturated carbocycles. The Hall–Kier alpha value is -1.42. The number of hydrogen-bond donors (Lipinski definition) is 0. The molecule has 0 amide bonds. The smallest absolute Gasteiger partial charge is 0.315 e. The van der Waals surface area contributed by atoms with E-state index in [0.29, 0.717) is 6.61 Å². The Balaban J connectivity index is 2.32. The highest BCUT2D eigenvalue weighted by atomic mass is 32.1. The highest BCUT2D eigenvalue weighted by molar-refractivity contribution is 7.18. The van der Waals surface area contributed by atoms with Gasteiger partial charge in [0.15, 0.2) is 0 Å². The van der Waals surface area contributed by atoms with Crippen LogP contribution in [0, 0.1) is 0 Å². The largest absolute Gasteiger partial charge is 0.465 e. The van der Waals surface area contributed by atoms with E-state index < -0.39 is 0 Å². The van der Waals surface area contributed by atoms with Crippen molar-refractivity contribution in [3.8, 4) is 0 Å². The minimum absolute atomic E-state index is 0.154. The van der Waals surface area contributed by atoms with Crippen LogP contribution in [0.4, 0.5) is 0 Å². The molecule has 0 aliphatic heterocycles. The van der Waals surface area contributed by atoms with Gasteiger partial charge in [-0.2, -0.15) is 0 Å². The molecule has 18 heavy (non-hydrogen) atoms. The number of aromatic nitrogens is 1. The molecule has 0 bridgehead atoms. The fraction of sp³-hybridized carbons (Fsp3) is 0.429. The van der Waals surface area contributed by atoms with Crippen LogP contribution >= 0.6 is 11.3 Å². The van der Waals surface area contributed by atoms with Gasteiger partial charge in [0.25, 0.3) is 0 Å². The van der Waals surface area contributed by atoms with Gasteiger partial charge < -0.3 is 4.74 Å². The maximum absolute atomic E-state index is 12.0. The number of carbonyl (C=O) groups excluding carboxylic acids is 1. The van der Waals surface area contributed by atoms with Crippen molar-refractivity contribution in [3.63, 3.8) is 0 Å². The van der Waals surface area contributed by atoms with Gasteiger partial charge in [-0.1, -0.05) is 25.5 Å². The van der Waals surface area contributed by atoms with E-state index in [0.717, 1.165) is 28.1 Å². The summed E-state index contributed by atoms with van der Waals surface area (Å²) in [6, 6.07) is 7.96. The summed E-state index contributed by atoms with van der Waals surface area (Å²) in [6.45, 7) is 4.32. The zero-order valence-corrected chi connectivity index (χ0v) is 11.5. The average molecular weight is 263 g/mol. The van der Waals surface area contributed by atoms with E-state index in [-0.39, 0.29) is 11.9 Å². The van der Waals surface area contributed by atoms with Crippen molar-refractivity contribution >= 4 is 27.5 Å². The number of carbonyl (C=O) groups is 1. The topological polar surface area (TPSA) is 39.2 Å². The van der Waals surface area contributed by atoms with E-state index in [1.165, 1.54) is 0 Å². The molecule has 0 spiro atoms. The summed E-state index contributed by atoms with van der Waals surface area (Å²) in [5, 5.41) is 0.872. The number of benzene rings is 1. The third-order valence-electron chi connectivity index (χ3n) is 2.76. The number of para-hydroxylation sites is 1. The van der Waals surface area contributed by atoms with Crippen molar-refractivity contribution in [1.29, 1.82) is 0 Å². The van der Waals surface area contributed by atoms with Crippen LogP contribution in [-0.2, 0) is 9.53 Å². The summed E-state index contributed by atoms with van der Waals surface area (Å²) >= 11 is 1.59. The SMILES string of the molecule is CCCC(C(=O)OCC)c1nc2ccccc2s1. The molecule has 0 radical (unpaired) electrons. The van der Waals surface area contributed by atoms with Gasteiger partial charge in [0.2, 0.25) is 0 Å². The molecule has 0 saturated heterocycles. The van der Waals surface area contributed by atoms with E-state index in [1.807, 2.05) is 31.2 Å². The highest BCUT2D eigenvalue weighted by Gasteiger charge is 2.24. The monoisotopic (exact) mass is 263 g/mol. The van der Waals surface area contributed by atoms with Gasteiger partial charge in [0, 0.05) is 0 Å². The normalized spacial score (nSPS) is 12.6. The van der Waals surface area contributed by atoms with Crippen molar-refractivity contribution < 1.29 is 9.53 Å². The van der Waals surface area contributed by atoms with Crippen LogP contribution < -0.4 is 0 Å². The number of esters is 1. The predicted octanol–water partition coefficient (Wildman–Crippen LogP) is 3.74. The van der Waals surface area contributed by atoms with Crippen molar-refractivity contribution in [2.75, 3.05) is 6.61 Å². The summed E-state index contributed by atoms with van der Waals surface area (Å²) in [5.74, 6) is -0.370. The van der Waals surface area contributed by atoms with Crippen LogP contribution in [0.1, 0.15) is 37.6 Å². The van der Waals surface area contributed by atoms with Gasteiger partial charge >= 0.3 is 5.97 Å². The summed E-state index contributed by atoms with van der Waals surface area (Å²) in [7, 11) is 0. The quantitative estimate of drug-likeness (QED) is 0.771. The number of ether oxygens (including phenoxy) is 1. The molecule has 1 atom stereocenters. The van der Waals surface area contributed by atoms with E-state index in [2.05, 4.69) is 11.9 Å². The summed E-state index contributed by atoms with van der Waals surface area (Å²) in [4.78, 5) is 16.5. The Morgan fingerprint density at radius 1 is 1.39 bits per heavy atom. The van der Waals surface area contributed by atoms with Gasteiger partial charge in [-0.25, -0.2) is 4.98 Å². The van der Waals surface area contributed by atoms with Crippen molar-refractivity contribution in [3.05, 3.63) is 29.3 Å². The molecule has 2 rings (SSSR count). The van der Waals surface area contributed by atoms with E-state index in [4.69, 9.17) is 4.74 Å². The molecule has 0 fully saturated rings. The first-order chi connectivity index (χ1) is 8.76. The molecule has 4 heteroatoms. The summed E-state index contributed by atoms with van der Waals surface area (Å²) in [5.41, 5.74) is 0.961. The highest BCUT2D eigenvalue weighted by Crippen LogP contribution is 2.30. The van der Waals surface area contributed by atoms with Gasteiger partial charge in [-0.05, 0) is 25.5 Å². The average Bonchev–Trinajstić information content (AvgIpc) is 2.79. The Bertz CT molecular complexity index is 502. The fourth-order valence-corrected chi connectivity index (χ4v) is 3.00. The molecule has 2 aromatic rings. The molecule has 1 unspecified atom stereocenters. The van der Waals surface area contributed by atoms with Crippen LogP contribution in [0.5, 0.6) is 0 Å². The molecule has 96 valence electrons. The number of thiazole rings is 1. The minimum atomic E-state index is -0.215. The standard InChI is InChI=1S/C14H17NO2S/c1-3-7-10(14(16)17-4-2)13-15-11-8-5-6-9-12(11)18-13/h5-6,8-10H,3-4,7H2,1-2H3. The first kappa shape index (κ1) is 13.0. The van der Waals surface area contributed by atoms with Crippen molar-refractivity contribution in [2.24, 2.45) is 0 Å². The lowest BCUT2D eigenvalue weighted by Gasteiger charge is -2.11. The molecular weight excluding hydrogens is 246 g/mol. The van der Waals surface area contributed by atoms with Crippen LogP contribution in [0.25, 0.3) is 10.2 Å². The Kier molecular flexibility index (Phi) is 4.31. The zero-order valence-electron chi connectivity index (χ0n) is 10.7. The lowest BCUT2D eigenvalue weighted by Crippen LogP contribution is -2.15. The maximum Gasteiger partial charge on any atom is 0.315 e. The van der Waals surface area contributed by atoms with E-state index in [9.17, 15) is 4.79 Å². The fourth-order valence-electron chi connectivity index (χ4n) is 1.91. The molecule has 1 aromatic heterocycles. The molecule has 1 aromatic carbocycles. The second-order valence-electron chi connectivity index (χ2n) is 4.11. The number of hydrogen-bond acceptors (Lipinski definition) is 4. The zero-order chi connectivity index (χ0) is 13.0. The molecule has 3 nitrogen and oxygen atoms in total. The Morgan fingerprint density at radius 3 is 2.83 bits per heavy atom. The number of fused-ring (bicyclic) bond motifs is 1. The van der Waals surface area contributed by atoms with Crippen molar-refractivity contribution in [2.45, 2.75) is 32.6 Å². The van der Waals surface area contributed by atoms with Crippen LogP contribution in [0.2, 0.25) is 0 Å². The van der Waals surface area contributed by atoms with Crippen LogP contribution in [-0.4, -0.2) is 17.6 Å². The van der Waals surface area contributed by atoms with Gasteiger partial charge in [-0.15, -0.1) is 11.3 Å². The Labute approximate surface area is 111 Å². The molecule has 0 aliphatic rings. The van der Waals surface area contributed by atoms with Crippen LogP contribution in [0.15, 0.2) is 24.3 Å². The van der Waals surface area contributed by atoms with E-state index >= 15 is 0 Å². The van der Waals surface area contributed by atoms with Gasteiger partial charge in [-0.3, -0.25) is 4.79 Å². The minimum Gasteiger partial charge on any atom is -0.465 e. The van der Waals surface area contributed by atoms with Crippen LogP contribution in [0.3, 0.4) is 0 Å². The first-order valence-corrected chi connectivity index (χ1v) is 7.10. The number of nitrogens with zero attached hydrogens (tertiary/aromatic N) is 1. The van der Waals surface area contributed by atoms with E-state index in [1.54, 1.807) is 11.3 Å². The summed E-state index contributed by atoms with van der Waals surface area (Å²) < 4.78 is 6.26. The third kappa shape index (κ3) is 2.70. The first-order valence-electron chi connectivity index (χ1n) is 6.28. The van der Waals surface area contributed by atoms with Gasteiger partial charge in [0.1, 0.15) is 10.9 Å². The molecule has 0 aliphatic carbocycles. The lowest BCUT2D eigenvalue weighted by atomic mass is 10.1. The Morgan fingerprint density at radius 2 is 2.17 bits per heavy atom. The lowest BCUT2D eigenvalue weighted by molar-refractivity contribution is -0.145. The molecule has 1 heterocycles. The number of rotatable bonds is 5. The second kappa shape index (κ2) is 5.96. The molecule has 0 N–H and O–H groups in total. The maximum atomic E-state index is 12.0. The second-order valence-corrected chi connectivity index (χ2v) is 5.18. The predicted molar refractivity (Wildman–Crippen MR) is 73.9 cm³/mol. The summed E-state index contributed by atoms with van der Waals surface area (Å²) in [6.07, 6.45) is 1.73. The third-order valence-corrected chi connectivity index (χ3v) is 3.91. The van der Waals surface area contributed by atoms with Gasteiger partial charge in [0.05, 0.1) is 16.8 Å².